The first kappa shape index (κ1) is 10.0. The maximum atomic E-state index is 4.75. The third-order valence-electron chi connectivity index (χ3n) is 3.40. The standard InChI is InChI=1S/C12H22N2/c1-2-6-11-9-13-12-7-4-3-5-8-14(12)10-11/h11H,2-10H2,1H3. The van der Waals surface area contributed by atoms with Crippen LogP contribution in [0, 0.1) is 5.92 Å². The van der Waals surface area contributed by atoms with Gasteiger partial charge in [0.05, 0.1) is 5.84 Å². The highest BCUT2D eigenvalue weighted by atomic mass is 15.2. The lowest BCUT2D eigenvalue weighted by atomic mass is 10.0. The Labute approximate surface area is 87.4 Å². The van der Waals surface area contributed by atoms with Crippen molar-refractivity contribution in [3.63, 3.8) is 0 Å². The molecule has 14 heavy (non-hydrogen) atoms. The lowest BCUT2D eigenvalue weighted by molar-refractivity contribution is 0.304. The number of aliphatic imine (C=N–C) groups is 1. The van der Waals surface area contributed by atoms with Crippen molar-refractivity contribution in [3.05, 3.63) is 0 Å². The number of hydrogen-bond acceptors (Lipinski definition) is 2. The zero-order valence-corrected chi connectivity index (χ0v) is 9.34. The molecule has 2 aliphatic rings. The average molecular weight is 194 g/mol. The van der Waals surface area contributed by atoms with Crippen molar-refractivity contribution in [3.8, 4) is 0 Å². The van der Waals surface area contributed by atoms with Crippen LogP contribution in [-0.2, 0) is 0 Å². The minimum absolute atomic E-state index is 0.835. The molecule has 1 fully saturated rings. The molecule has 2 heteroatoms. The summed E-state index contributed by atoms with van der Waals surface area (Å²) in [5.74, 6) is 2.25. The summed E-state index contributed by atoms with van der Waals surface area (Å²) >= 11 is 0. The van der Waals surface area contributed by atoms with Crippen LogP contribution in [0.2, 0.25) is 0 Å². The van der Waals surface area contributed by atoms with Gasteiger partial charge in [0, 0.05) is 26.1 Å². The van der Waals surface area contributed by atoms with E-state index in [1.165, 1.54) is 57.5 Å². The molecule has 0 aromatic rings. The van der Waals surface area contributed by atoms with Crippen molar-refractivity contribution in [1.82, 2.24) is 4.90 Å². The van der Waals surface area contributed by atoms with E-state index >= 15 is 0 Å². The van der Waals surface area contributed by atoms with E-state index in [9.17, 15) is 0 Å². The number of fused-ring (bicyclic) bond motifs is 1. The zero-order chi connectivity index (χ0) is 9.80. The van der Waals surface area contributed by atoms with Gasteiger partial charge in [-0.1, -0.05) is 19.8 Å². The summed E-state index contributed by atoms with van der Waals surface area (Å²) in [7, 11) is 0. The van der Waals surface area contributed by atoms with Gasteiger partial charge in [0.15, 0.2) is 0 Å². The van der Waals surface area contributed by atoms with E-state index in [-0.39, 0.29) is 0 Å². The van der Waals surface area contributed by atoms with Crippen LogP contribution in [0.4, 0.5) is 0 Å². The molecule has 0 aromatic carbocycles. The summed E-state index contributed by atoms with van der Waals surface area (Å²) in [6.07, 6.45) is 8.02. The van der Waals surface area contributed by atoms with Crippen molar-refractivity contribution in [2.75, 3.05) is 19.6 Å². The van der Waals surface area contributed by atoms with Gasteiger partial charge in [-0.05, 0) is 25.2 Å². The first-order valence-corrected chi connectivity index (χ1v) is 6.18. The van der Waals surface area contributed by atoms with Crippen molar-refractivity contribution >= 4 is 5.84 Å². The lowest BCUT2D eigenvalue weighted by Crippen LogP contribution is -2.40. The first-order chi connectivity index (χ1) is 6.90. The molecular weight excluding hydrogens is 172 g/mol. The smallest absolute Gasteiger partial charge is 0.0989 e. The van der Waals surface area contributed by atoms with Crippen LogP contribution < -0.4 is 0 Å². The van der Waals surface area contributed by atoms with Crippen LogP contribution in [-0.4, -0.2) is 30.4 Å². The highest BCUT2D eigenvalue weighted by Crippen LogP contribution is 2.20. The molecule has 80 valence electrons. The highest BCUT2D eigenvalue weighted by molar-refractivity contribution is 5.83. The van der Waals surface area contributed by atoms with E-state index in [0.717, 1.165) is 12.5 Å². The Morgan fingerprint density at radius 3 is 3.14 bits per heavy atom. The molecule has 0 aliphatic carbocycles. The third kappa shape index (κ3) is 2.28. The van der Waals surface area contributed by atoms with E-state index in [1.54, 1.807) is 0 Å². The fourth-order valence-electron chi connectivity index (χ4n) is 2.62. The summed E-state index contributed by atoms with van der Waals surface area (Å²) in [4.78, 5) is 7.31. The van der Waals surface area contributed by atoms with E-state index in [4.69, 9.17) is 4.99 Å². The van der Waals surface area contributed by atoms with Crippen molar-refractivity contribution in [1.29, 1.82) is 0 Å². The molecular formula is C12H22N2. The summed E-state index contributed by atoms with van der Waals surface area (Å²) in [6.45, 7) is 5.92. The summed E-state index contributed by atoms with van der Waals surface area (Å²) < 4.78 is 0. The Hall–Kier alpha value is -0.530. The van der Waals surface area contributed by atoms with Crippen molar-refractivity contribution in [2.24, 2.45) is 10.9 Å². The second-order valence-corrected chi connectivity index (χ2v) is 4.67. The van der Waals surface area contributed by atoms with Gasteiger partial charge in [-0.25, -0.2) is 0 Å². The van der Waals surface area contributed by atoms with E-state index in [0.29, 0.717) is 0 Å². The predicted molar refractivity (Wildman–Crippen MR) is 60.7 cm³/mol. The summed E-state index contributed by atoms with van der Waals surface area (Å²) in [6, 6.07) is 0. The number of hydrogen-bond donors (Lipinski definition) is 0. The molecule has 0 radical (unpaired) electrons. The van der Waals surface area contributed by atoms with Gasteiger partial charge in [0.1, 0.15) is 0 Å². The summed E-state index contributed by atoms with van der Waals surface area (Å²) in [5, 5.41) is 0. The third-order valence-corrected chi connectivity index (χ3v) is 3.40. The highest BCUT2D eigenvalue weighted by Gasteiger charge is 2.22. The van der Waals surface area contributed by atoms with E-state index in [2.05, 4.69) is 11.8 Å². The quantitative estimate of drug-likeness (QED) is 0.660. The number of amidine groups is 1. The molecule has 2 heterocycles. The molecule has 0 spiro atoms. The topological polar surface area (TPSA) is 15.6 Å². The molecule has 2 nitrogen and oxygen atoms in total. The average Bonchev–Trinajstić information content (AvgIpc) is 2.42. The molecule has 2 aliphatic heterocycles. The van der Waals surface area contributed by atoms with Crippen LogP contribution in [0.25, 0.3) is 0 Å². The normalized spacial score (nSPS) is 27.9. The van der Waals surface area contributed by atoms with Gasteiger partial charge in [0.25, 0.3) is 0 Å². The van der Waals surface area contributed by atoms with Crippen molar-refractivity contribution in [2.45, 2.75) is 45.4 Å². The maximum Gasteiger partial charge on any atom is 0.0989 e. The Kier molecular flexibility index (Phi) is 3.44. The first-order valence-electron chi connectivity index (χ1n) is 6.18. The van der Waals surface area contributed by atoms with Gasteiger partial charge in [-0.15, -0.1) is 0 Å². The maximum absolute atomic E-state index is 4.75. The van der Waals surface area contributed by atoms with E-state index in [1.807, 2.05) is 0 Å². The molecule has 0 aromatic heterocycles. The Balaban J connectivity index is 1.96. The second kappa shape index (κ2) is 4.81. The fourth-order valence-corrected chi connectivity index (χ4v) is 2.62. The largest absolute Gasteiger partial charge is 0.360 e. The van der Waals surface area contributed by atoms with Crippen LogP contribution in [0.3, 0.4) is 0 Å². The minimum atomic E-state index is 0.835. The van der Waals surface area contributed by atoms with E-state index < -0.39 is 0 Å². The predicted octanol–water partition coefficient (Wildman–Crippen LogP) is 2.69. The molecule has 0 amide bonds. The van der Waals surface area contributed by atoms with Crippen molar-refractivity contribution < 1.29 is 0 Å². The molecule has 2 rings (SSSR count). The molecule has 0 bridgehead atoms. The Bertz CT molecular complexity index is 210. The van der Waals surface area contributed by atoms with Gasteiger partial charge >= 0.3 is 0 Å². The monoisotopic (exact) mass is 194 g/mol. The van der Waals surface area contributed by atoms with Gasteiger partial charge in [-0.3, -0.25) is 4.99 Å². The van der Waals surface area contributed by atoms with Gasteiger partial charge in [0.2, 0.25) is 0 Å². The summed E-state index contributed by atoms with van der Waals surface area (Å²) in [5.41, 5.74) is 0. The van der Waals surface area contributed by atoms with Gasteiger partial charge < -0.3 is 4.90 Å². The van der Waals surface area contributed by atoms with Crippen LogP contribution in [0.1, 0.15) is 45.4 Å². The molecule has 1 saturated heterocycles. The SMILES string of the molecule is CCCC1CN=C2CCCCCN2C1. The van der Waals surface area contributed by atoms with Crippen LogP contribution in [0.5, 0.6) is 0 Å². The Morgan fingerprint density at radius 1 is 1.36 bits per heavy atom. The molecule has 1 atom stereocenters. The fraction of sp³-hybridized carbons (Fsp3) is 0.917. The Morgan fingerprint density at radius 2 is 2.29 bits per heavy atom. The second-order valence-electron chi connectivity index (χ2n) is 4.67. The van der Waals surface area contributed by atoms with Gasteiger partial charge in [-0.2, -0.15) is 0 Å². The van der Waals surface area contributed by atoms with Crippen LogP contribution >= 0.6 is 0 Å². The molecule has 0 saturated carbocycles. The number of rotatable bonds is 2. The number of nitrogens with zero attached hydrogens (tertiary/aromatic N) is 2. The van der Waals surface area contributed by atoms with Crippen LogP contribution in [0.15, 0.2) is 4.99 Å². The zero-order valence-electron chi connectivity index (χ0n) is 9.34. The minimum Gasteiger partial charge on any atom is -0.360 e. The molecule has 0 N–H and O–H groups in total. The lowest BCUT2D eigenvalue weighted by Gasteiger charge is -2.32. The molecule has 1 unspecified atom stereocenters.